The van der Waals surface area contributed by atoms with Crippen LogP contribution in [0.15, 0.2) is 12.2 Å². The maximum Gasteiger partial charge on any atom is 0.306 e. The standard InChI is InChI=1S/C51H96O12S/c1-3-5-7-9-11-13-15-17-19-20-21-22-23-24-26-28-30-32-34-36-38-40-47(53)62-44(42-61-51-50(56)49(55)48(54)45(63-51)43-64(57,58)59)41-60-46(52)39-37-35-33-31-29-27-25-18-16-14-12-10-8-6-4-2/h29,31,44-45,48-51,54-56H,3-28,30,32-43H2,1-2H3,(H,57,58,59)/b31-29+/t44-,45-,48-,49?,50?,51+/m1/s1. The molecule has 0 aromatic rings. The van der Waals surface area contributed by atoms with Gasteiger partial charge in [0.1, 0.15) is 36.8 Å². The first kappa shape index (κ1) is 60.4. The summed E-state index contributed by atoms with van der Waals surface area (Å²) in [6.45, 7) is 3.79. The van der Waals surface area contributed by atoms with Gasteiger partial charge < -0.3 is 34.3 Å². The number of carbonyl (C=O) groups is 2. The number of esters is 2. The minimum Gasteiger partial charge on any atom is -0.462 e. The molecule has 378 valence electrons. The summed E-state index contributed by atoms with van der Waals surface area (Å²) in [6, 6.07) is 0. The van der Waals surface area contributed by atoms with Crippen molar-refractivity contribution in [3.05, 3.63) is 12.2 Å². The Hall–Kier alpha value is -1.61. The molecule has 0 bridgehead atoms. The molecule has 0 amide bonds. The molecule has 6 atom stereocenters. The van der Waals surface area contributed by atoms with Crippen LogP contribution in [0.3, 0.4) is 0 Å². The quantitative estimate of drug-likeness (QED) is 0.0196. The predicted octanol–water partition coefficient (Wildman–Crippen LogP) is 11.8. The molecule has 12 nitrogen and oxygen atoms in total. The number of hydrogen-bond acceptors (Lipinski definition) is 11. The molecule has 0 radical (unpaired) electrons. The zero-order valence-corrected chi connectivity index (χ0v) is 41.5. The molecule has 4 N–H and O–H groups in total. The molecule has 0 saturated carbocycles. The van der Waals surface area contributed by atoms with Crippen LogP contribution in [0.4, 0.5) is 0 Å². The van der Waals surface area contributed by atoms with Crippen LogP contribution in [0, 0.1) is 0 Å². The number of unbranched alkanes of at least 4 members (excludes halogenated alkanes) is 31. The van der Waals surface area contributed by atoms with Gasteiger partial charge in [-0.15, -0.1) is 0 Å². The van der Waals surface area contributed by atoms with Crippen LogP contribution in [0.5, 0.6) is 0 Å². The number of allylic oxidation sites excluding steroid dienone is 2. The van der Waals surface area contributed by atoms with Gasteiger partial charge in [0.15, 0.2) is 12.4 Å². The van der Waals surface area contributed by atoms with Crippen LogP contribution in [0.1, 0.15) is 245 Å². The SMILES string of the molecule is CCCCCCCCCCC/C=C/CCCCC(=O)OC[C@H](CO[C@H]1O[C@H](CS(=O)(=O)O)[C@@H](O)C(O)C1O)OC(=O)CCCCCCCCCCCCCCCCCCCCCCC. The number of carbonyl (C=O) groups excluding carboxylic acids is 2. The van der Waals surface area contributed by atoms with Gasteiger partial charge in [-0.2, -0.15) is 8.42 Å². The molecule has 1 heterocycles. The normalized spacial score (nSPS) is 19.6. The number of rotatable bonds is 45. The van der Waals surface area contributed by atoms with Crippen molar-refractivity contribution in [3.63, 3.8) is 0 Å². The van der Waals surface area contributed by atoms with Crippen LogP contribution in [-0.4, -0.2) is 96.0 Å². The fourth-order valence-corrected chi connectivity index (χ4v) is 8.95. The molecule has 64 heavy (non-hydrogen) atoms. The second-order valence-corrected chi connectivity index (χ2v) is 20.0. The molecule has 1 rings (SSSR count). The van der Waals surface area contributed by atoms with E-state index in [2.05, 4.69) is 26.0 Å². The highest BCUT2D eigenvalue weighted by Crippen LogP contribution is 2.24. The fraction of sp³-hybridized carbons (Fsp3) is 0.922. The Morgan fingerprint density at radius 1 is 0.516 bits per heavy atom. The third-order valence-corrected chi connectivity index (χ3v) is 13.1. The Morgan fingerprint density at radius 3 is 1.33 bits per heavy atom. The Bertz CT molecular complexity index is 1230. The minimum absolute atomic E-state index is 0.167. The van der Waals surface area contributed by atoms with E-state index in [1.165, 1.54) is 167 Å². The second kappa shape index (κ2) is 41.6. The summed E-state index contributed by atoms with van der Waals surface area (Å²) in [4.78, 5) is 25.5. The van der Waals surface area contributed by atoms with E-state index >= 15 is 0 Å². The summed E-state index contributed by atoms with van der Waals surface area (Å²) in [5, 5.41) is 31.0. The lowest BCUT2D eigenvalue weighted by Crippen LogP contribution is -2.60. The summed E-state index contributed by atoms with van der Waals surface area (Å²) >= 11 is 0. The highest BCUT2D eigenvalue weighted by Gasteiger charge is 2.46. The van der Waals surface area contributed by atoms with Crippen molar-refractivity contribution < 1.29 is 56.8 Å². The minimum atomic E-state index is -4.60. The van der Waals surface area contributed by atoms with E-state index in [1.54, 1.807) is 0 Å². The number of ether oxygens (including phenoxy) is 4. The summed E-state index contributed by atoms with van der Waals surface area (Å²) in [5.41, 5.74) is 0. The van der Waals surface area contributed by atoms with Gasteiger partial charge in [-0.25, -0.2) is 0 Å². The summed E-state index contributed by atoms with van der Waals surface area (Å²) in [7, 11) is -4.60. The van der Waals surface area contributed by atoms with E-state index in [1.807, 2.05) is 0 Å². The van der Waals surface area contributed by atoms with E-state index in [-0.39, 0.29) is 19.4 Å². The van der Waals surface area contributed by atoms with E-state index in [9.17, 15) is 37.9 Å². The molecule has 0 spiro atoms. The highest BCUT2D eigenvalue weighted by atomic mass is 32.2. The molecule has 0 aromatic carbocycles. The maximum atomic E-state index is 12.9. The van der Waals surface area contributed by atoms with E-state index in [0.29, 0.717) is 12.8 Å². The lowest BCUT2D eigenvalue weighted by molar-refractivity contribution is -0.297. The molecule has 1 aliphatic heterocycles. The first-order valence-electron chi connectivity index (χ1n) is 26.2. The lowest BCUT2D eigenvalue weighted by Gasteiger charge is -2.40. The third-order valence-electron chi connectivity index (χ3n) is 12.3. The summed E-state index contributed by atoms with van der Waals surface area (Å²) in [6.07, 6.45) is 36.9. The topological polar surface area (TPSA) is 186 Å². The average Bonchev–Trinajstić information content (AvgIpc) is 3.26. The first-order valence-corrected chi connectivity index (χ1v) is 27.9. The Labute approximate surface area is 390 Å². The van der Waals surface area contributed by atoms with Crippen molar-refractivity contribution >= 4 is 22.1 Å². The van der Waals surface area contributed by atoms with Gasteiger partial charge in [0.05, 0.1) is 6.61 Å². The average molecular weight is 933 g/mol. The fourth-order valence-electron chi connectivity index (χ4n) is 8.26. The van der Waals surface area contributed by atoms with Crippen LogP contribution in [0.2, 0.25) is 0 Å². The third kappa shape index (κ3) is 35.6. The summed E-state index contributed by atoms with van der Waals surface area (Å²) < 4.78 is 54.2. The molecule has 0 aliphatic carbocycles. The van der Waals surface area contributed by atoms with Crippen LogP contribution >= 0.6 is 0 Å². The van der Waals surface area contributed by atoms with Gasteiger partial charge in [-0.1, -0.05) is 206 Å². The van der Waals surface area contributed by atoms with Gasteiger partial charge in [0.25, 0.3) is 10.1 Å². The van der Waals surface area contributed by atoms with Gasteiger partial charge in [-0.3, -0.25) is 14.1 Å². The lowest BCUT2D eigenvalue weighted by atomic mass is 10.00. The first-order chi connectivity index (χ1) is 31.0. The van der Waals surface area contributed by atoms with Gasteiger partial charge in [0.2, 0.25) is 0 Å². The zero-order chi connectivity index (χ0) is 46.9. The molecular formula is C51H96O12S. The van der Waals surface area contributed by atoms with Crippen molar-refractivity contribution in [2.45, 2.75) is 282 Å². The van der Waals surface area contributed by atoms with Crippen LogP contribution in [0.25, 0.3) is 0 Å². The number of aliphatic hydroxyl groups is 3. The molecular weight excluding hydrogens is 837 g/mol. The van der Waals surface area contributed by atoms with Gasteiger partial charge in [0, 0.05) is 12.8 Å². The largest absolute Gasteiger partial charge is 0.462 e. The Morgan fingerprint density at radius 2 is 0.891 bits per heavy atom. The number of aliphatic hydroxyl groups excluding tert-OH is 3. The molecule has 13 heteroatoms. The van der Waals surface area contributed by atoms with E-state index in [0.717, 1.165) is 38.5 Å². The molecule has 1 aliphatic rings. The molecule has 1 fully saturated rings. The van der Waals surface area contributed by atoms with Crippen molar-refractivity contribution in [2.75, 3.05) is 19.0 Å². The van der Waals surface area contributed by atoms with Gasteiger partial charge >= 0.3 is 11.9 Å². The Balaban J connectivity index is 2.35. The van der Waals surface area contributed by atoms with Crippen molar-refractivity contribution in [1.82, 2.24) is 0 Å². The maximum absolute atomic E-state index is 12.9. The van der Waals surface area contributed by atoms with Crippen molar-refractivity contribution in [1.29, 1.82) is 0 Å². The second-order valence-electron chi connectivity index (χ2n) is 18.5. The molecule has 2 unspecified atom stereocenters. The van der Waals surface area contributed by atoms with Crippen molar-refractivity contribution in [2.24, 2.45) is 0 Å². The smallest absolute Gasteiger partial charge is 0.306 e. The predicted molar refractivity (Wildman–Crippen MR) is 257 cm³/mol. The number of hydrogen-bond donors (Lipinski definition) is 4. The summed E-state index contributed by atoms with van der Waals surface area (Å²) in [5.74, 6) is -1.99. The van der Waals surface area contributed by atoms with Gasteiger partial charge in [-0.05, 0) is 38.5 Å². The monoisotopic (exact) mass is 933 g/mol. The van der Waals surface area contributed by atoms with Crippen LogP contribution < -0.4 is 0 Å². The highest BCUT2D eigenvalue weighted by molar-refractivity contribution is 7.85. The Kier molecular flexibility index (Phi) is 39.2. The zero-order valence-electron chi connectivity index (χ0n) is 40.7. The van der Waals surface area contributed by atoms with E-state index < -0.39 is 71.2 Å². The van der Waals surface area contributed by atoms with E-state index in [4.69, 9.17) is 18.9 Å². The van der Waals surface area contributed by atoms with Crippen molar-refractivity contribution in [3.8, 4) is 0 Å². The molecule has 1 saturated heterocycles. The molecule has 0 aromatic heterocycles. The van der Waals surface area contributed by atoms with Crippen LogP contribution in [-0.2, 0) is 38.7 Å².